The monoisotopic (exact) mass is 541 g/mol. The van der Waals surface area contributed by atoms with Gasteiger partial charge in [0.2, 0.25) is 0 Å². The van der Waals surface area contributed by atoms with E-state index < -0.39 is 0 Å². The molecule has 8 heteroatoms. The first-order chi connectivity index (χ1) is 0. The average Bonchev–Trinajstić information content (AvgIpc) is 0. The summed E-state index contributed by atoms with van der Waals surface area (Å²) < 4.78 is 0. The quantitative estimate of drug-likeness (QED) is 0.270. The third-order valence-corrected chi connectivity index (χ3v) is 0. The maximum Gasteiger partial charge on any atom is 4.00 e. The van der Waals surface area contributed by atoms with Gasteiger partial charge in [0.25, 0.3) is 0 Å². The zero-order valence-corrected chi connectivity index (χ0v) is 14.7. The van der Waals surface area contributed by atoms with Gasteiger partial charge in [-0.15, -0.1) is 34.0 Å². The fourth-order valence-corrected chi connectivity index (χ4v) is 0. The molecular weight excluding hydrogens is 543 g/mol. The van der Waals surface area contributed by atoms with Crippen LogP contribution in [0.2, 0.25) is 0 Å². The minimum Gasteiger partial charge on any atom is -1.00 e. The molecule has 8 heavy (non-hydrogen) atoms. The van der Waals surface area contributed by atoms with E-state index in [1.54, 1.807) is 0 Å². The van der Waals surface area contributed by atoms with Gasteiger partial charge in [0.05, 0.1) is 0 Å². The van der Waals surface area contributed by atoms with Gasteiger partial charge in [-0.25, -0.2) is 0 Å². The van der Waals surface area contributed by atoms with Crippen LogP contribution >= 0.6 is 34.0 Å². The molecule has 0 aromatic carbocycles. The predicted octanol–water partition coefficient (Wildman–Crippen LogP) is -11.7. The minimum atomic E-state index is 0. The van der Waals surface area contributed by atoms with E-state index in [-0.39, 0.29) is 129 Å². The molecule has 0 fully saturated rings. The third-order valence-electron chi connectivity index (χ3n) is 0. The van der Waals surface area contributed by atoms with E-state index in [1.807, 2.05) is 0 Å². The van der Waals surface area contributed by atoms with Crippen LogP contribution in [0.1, 0.15) is 0 Å². The topological polar surface area (TPSA) is 31.5 Å². The first-order valence-electron chi connectivity index (χ1n) is 0. The SMILES string of the molecule is Br.Br.O.[Br-].[Br-].[Br-].[Br-].[Ti+4]. The van der Waals surface area contributed by atoms with E-state index >= 15 is 0 Å². The summed E-state index contributed by atoms with van der Waals surface area (Å²) >= 11 is 0. The summed E-state index contributed by atoms with van der Waals surface area (Å²) in [6, 6.07) is 0. The standard InChI is InChI=1S/6BrH.H2O.Ti/h6*1H;1H2;/q;;;;;;;+4/p-4. The van der Waals surface area contributed by atoms with Crippen LogP contribution in [-0.4, -0.2) is 5.48 Å². The number of rotatable bonds is 0. The smallest absolute Gasteiger partial charge is 1.00 e. The predicted molar refractivity (Wildman–Crippen MR) is 24.3 cm³/mol. The van der Waals surface area contributed by atoms with Crippen molar-refractivity contribution in [3.8, 4) is 0 Å². The molecule has 0 aromatic heterocycles. The Bertz CT molecular complexity index is 8.49. The van der Waals surface area contributed by atoms with Crippen LogP contribution in [-0.2, 0) is 21.7 Å². The molecular formula is H4Br6OTi. The largest absolute Gasteiger partial charge is 4.00 e. The summed E-state index contributed by atoms with van der Waals surface area (Å²) in [5.74, 6) is 0. The maximum absolute atomic E-state index is 0. The maximum atomic E-state index is 0. The van der Waals surface area contributed by atoms with Gasteiger partial charge in [0.1, 0.15) is 0 Å². The summed E-state index contributed by atoms with van der Waals surface area (Å²) in [5.41, 5.74) is 0. The van der Waals surface area contributed by atoms with Gasteiger partial charge < -0.3 is 73.4 Å². The number of hydrogen-bond donors (Lipinski definition) is 0. The second kappa shape index (κ2) is 76.3. The normalized spacial score (nSPS) is 0. The molecule has 0 rings (SSSR count). The Morgan fingerprint density at radius 3 is 0.500 bits per heavy atom. The first kappa shape index (κ1) is 102. The van der Waals surface area contributed by atoms with Crippen molar-refractivity contribution in [2.45, 2.75) is 0 Å². The summed E-state index contributed by atoms with van der Waals surface area (Å²) in [5, 5.41) is 0. The minimum absolute atomic E-state index is 0. The Morgan fingerprint density at radius 2 is 0.500 bits per heavy atom. The summed E-state index contributed by atoms with van der Waals surface area (Å²) in [4.78, 5) is 0. The van der Waals surface area contributed by atoms with Crippen LogP contribution in [0.5, 0.6) is 0 Å². The number of halogens is 6. The van der Waals surface area contributed by atoms with E-state index in [4.69, 9.17) is 0 Å². The molecule has 0 saturated heterocycles. The van der Waals surface area contributed by atoms with Crippen molar-refractivity contribution in [3.05, 3.63) is 0 Å². The van der Waals surface area contributed by atoms with E-state index in [0.29, 0.717) is 0 Å². The van der Waals surface area contributed by atoms with Crippen LogP contribution in [0, 0.1) is 0 Å². The van der Waals surface area contributed by atoms with Crippen LogP contribution in [0.15, 0.2) is 0 Å². The molecule has 0 aliphatic carbocycles. The molecule has 0 heterocycles. The Balaban J connectivity index is 0. The van der Waals surface area contributed by atoms with E-state index in [1.165, 1.54) is 0 Å². The molecule has 2 N–H and O–H groups in total. The van der Waals surface area contributed by atoms with Gasteiger partial charge in [-0.05, 0) is 0 Å². The fourth-order valence-electron chi connectivity index (χ4n) is 0. The molecule has 0 bridgehead atoms. The van der Waals surface area contributed by atoms with Gasteiger partial charge in [-0.3, -0.25) is 0 Å². The van der Waals surface area contributed by atoms with Crippen molar-refractivity contribution in [1.29, 1.82) is 0 Å². The summed E-state index contributed by atoms with van der Waals surface area (Å²) in [6.07, 6.45) is 0. The second-order valence-corrected chi connectivity index (χ2v) is 0. The molecule has 56 valence electrons. The van der Waals surface area contributed by atoms with Gasteiger partial charge in [-0.2, -0.15) is 0 Å². The van der Waals surface area contributed by atoms with Crippen molar-refractivity contribution in [3.63, 3.8) is 0 Å². The van der Waals surface area contributed by atoms with E-state index in [2.05, 4.69) is 0 Å². The van der Waals surface area contributed by atoms with Crippen LogP contribution < -0.4 is 67.9 Å². The van der Waals surface area contributed by atoms with E-state index in [0.717, 1.165) is 0 Å². The van der Waals surface area contributed by atoms with Crippen molar-refractivity contribution in [2.75, 3.05) is 0 Å². The van der Waals surface area contributed by atoms with E-state index in [9.17, 15) is 0 Å². The molecule has 0 saturated carbocycles. The first-order valence-corrected chi connectivity index (χ1v) is 0. The average molecular weight is 547 g/mol. The van der Waals surface area contributed by atoms with Crippen LogP contribution in [0.3, 0.4) is 0 Å². The molecule has 0 aliphatic rings. The number of hydrogen-bond acceptors (Lipinski definition) is 0. The second-order valence-electron chi connectivity index (χ2n) is 0. The van der Waals surface area contributed by atoms with Gasteiger partial charge in [0, 0.05) is 0 Å². The fraction of sp³-hybridized carbons (Fsp3) is 0. The molecule has 0 radical (unpaired) electrons. The molecule has 0 spiro atoms. The zero-order valence-electron chi connectivity index (χ0n) is 3.33. The van der Waals surface area contributed by atoms with Crippen LogP contribution in [0.25, 0.3) is 0 Å². The summed E-state index contributed by atoms with van der Waals surface area (Å²) in [6.45, 7) is 0. The Morgan fingerprint density at radius 1 is 0.500 bits per heavy atom. The Hall–Kier alpha value is 3.55. The molecule has 0 atom stereocenters. The van der Waals surface area contributed by atoms with Crippen molar-refractivity contribution < 1.29 is 95.1 Å². The Labute approximate surface area is 127 Å². The van der Waals surface area contributed by atoms with Crippen LogP contribution in [0.4, 0.5) is 0 Å². The molecule has 0 unspecified atom stereocenters. The molecule has 0 aliphatic heterocycles. The van der Waals surface area contributed by atoms with Gasteiger partial charge in [-0.1, -0.05) is 0 Å². The van der Waals surface area contributed by atoms with Gasteiger partial charge in [0.15, 0.2) is 0 Å². The zero-order chi connectivity index (χ0) is 0. The van der Waals surface area contributed by atoms with Gasteiger partial charge >= 0.3 is 21.7 Å². The van der Waals surface area contributed by atoms with Crippen molar-refractivity contribution in [2.24, 2.45) is 0 Å². The van der Waals surface area contributed by atoms with Crippen molar-refractivity contribution >= 4 is 34.0 Å². The van der Waals surface area contributed by atoms with Crippen molar-refractivity contribution in [1.82, 2.24) is 0 Å². The molecule has 0 aromatic rings. The Kier molecular flexibility index (Phi) is 971. The third kappa shape index (κ3) is 55.3. The summed E-state index contributed by atoms with van der Waals surface area (Å²) in [7, 11) is 0. The molecule has 0 amide bonds. The molecule has 1 nitrogen and oxygen atoms in total.